The number of amides is 1. The van der Waals surface area contributed by atoms with Crippen molar-refractivity contribution in [3.8, 4) is 6.07 Å². The van der Waals surface area contributed by atoms with Gasteiger partial charge in [-0.3, -0.25) is 4.79 Å². The zero-order chi connectivity index (χ0) is 18.9. The SMILES string of the molecule is COC(=O)c1ccccc1NC(=O)/C(C#N)=C\NCc1ccccc1Cl. The first-order valence-electron chi connectivity index (χ1n) is 7.62. The van der Waals surface area contributed by atoms with Crippen LogP contribution >= 0.6 is 11.6 Å². The first-order chi connectivity index (χ1) is 12.6. The molecule has 0 radical (unpaired) electrons. The molecule has 2 rings (SSSR count). The summed E-state index contributed by atoms with van der Waals surface area (Å²) in [6.45, 7) is 0.358. The molecule has 132 valence electrons. The standard InChI is InChI=1S/C19H16ClN3O3/c1-26-19(25)15-7-3-5-9-17(15)23-18(24)14(10-21)12-22-11-13-6-2-4-8-16(13)20/h2-9,12,22H,11H2,1H3,(H,23,24)/b14-12-. The molecule has 0 aliphatic carbocycles. The molecule has 0 fully saturated rings. The van der Waals surface area contributed by atoms with E-state index in [1.165, 1.54) is 19.4 Å². The number of nitriles is 1. The summed E-state index contributed by atoms with van der Waals surface area (Å²) < 4.78 is 4.68. The molecule has 2 N–H and O–H groups in total. The third-order valence-electron chi connectivity index (χ3n) is 3.44. The smallest absolute Gasteiger partial charge is 0.339 e. The van der Waals surface area contributed by atoms with Crippen molar-refractivity contribution in [1.29, 1.82) is 5.26 Å². The van der Waals surface area contributed by atoms with Crippen LogP contribution in [0.4, 0.5) is 5.69 Å². The van der Waals surface area contributed by atoms with E-state index < -0.39 is 11.9 Å². The van der Waals surface area contributed by atoms with Crippen molar-refractivity contribution in [2.24, 2.45) is 0 Å². The van der Waals surface area contributed by atoms with Crippen LogP contribution in [0.25, 0.3) is 0 Å². The Bertz CT molecular complexity index is 888. The summed E-state index contributed by atoms with van der Waals surface area (Å²) in [6.07, 6.45) is 1.30. The Morgan fingerprint density at radius 3 is 2.58 bits per heavy atom. The Balaban J connectivity index is 2.09. The molecular weight excluding hydrogens is 354 g/mol. The topological polar surface area (TPSA) is 91.2 Å². The van der Waals surface area contributed by atoms with Crippen LogP contribution in [0.2, 0.25) is 5.02 Å². The molecule has 1 amide bonds. The lowest BCUT2D eigenvalue weighted by molar-refractivity contribution is -0.112. The van der Waals surface area contributed by atoms with Gasteiger partial charge in [-0.25, -0.2) is 4.79 Å². The zero-order valence-electron chi connectivity index (χ0n) is 14.0. The minimum Gasteiger partial charge on any atom is -0.465 e. The van der Waals surface area contributed by atoms with Gasteiger partial charge in [0.25, 0.3) is 5.91 Å². The van der Waals surface area contributed by atoms with Crippen LogP contribution in [0.1, 0.15) is 15.9 Å². The molecule has 7 heteroatoms. The molecule has 0 atom stereocenters. The second kappa shape index (κ2) is 9.25. The number of rotatable bonds is 6. The van der Waals surface area contributed by atoms with Crippen molar-refractivity contribution in [1.82, 2.24) is 5.32 Å². The van der Waals surface area contributed by atoms with E-state index in [4.69, 9.17) is 11.6 Å². The quantitative estimate of drug-likeness (QED) is 0.463. The van der Waals surface area contributed by atoms with Crippen LogP contribution in [0.3, 0.4) is 0 Å². The van der Waals surface area contributed by atoms with Gasteiger partial charge < -0.3 is 15.4 Å². The van der Waals surface area contributed by atoms with Crippen molar-refractivity contribution in [2.75, 3.05) is 12.4 Å². The van der Waals surface area contributed by atoms with Crippen LogP contribution in [0.15, 0.2) is 60.3 Å². The van der Waals surface area contributed by atoms with Gasteiger partial charge in [0.05, 0.1) is 18.4 Å². The van der Waals surface area contributed by atoms with Gasteiger partial charge >= 0.3 is 5.97 Å². The van der Waals surface area contributed by atoms with Crippen LogP contribution in [-0.2, 0) is 16.1 Å². The van der Waals surface area contributed by atoms with E-state index in [1.54, 1.807) is 24.3 Å². The molecular formula is C19H16ClN3O3. The van der Waals surface area contributed by atoms with Gasteiger partial charge in [-0.1, -0.05) is 41.9 Å². The van der Waals surface area contributed by atoms with Crippen molar-refractivity contribution < 1.29 is 14.3 Å². The maximum absolute atomic E-state index is 12.3. The summed E-state index contributed by atoms with van der Waals surface area (Å²) >= 11 is 6.06. The Kier molecular flexibility index (Phi) is 6.77. The number of nitrogens with one attached hydrogen (secondary N) is 2. The van der Waals surface area contributed by atoms with Gasteiger partial charge in [0, 0.05) is 17.8 Å². The fourth-order valence-electron chi connectivity index (χ4n) is 2.12. The third-order valence-corrected chi connectivity index (χ3v) is 3.81. The van der Waals surface area contributed by atoms with E-state index in [0.717, 1.165) is 5.56 Å². The molecule has 0 aliphatic rings. The van der Waals surface area contributed by atoms with Gasteiger partial charge in [0.15, 0.2) is 0 Å². The molecule has 26 heavy (non-hydrogen) atoms. The zero-order valence-corrected chi connectivity index (χ0v) is 14.7. The van der Waals surface area contributed by atoms with Gasteiger partial charge in [0.2, 0.25) is 0 Å². The average molecular weight is 370 g/mol. The number of carbonyl (C=O) groups is 2. The molecule has 6 nitrogen and oxygen atoms in total. The van der Waals surface area contributed by atoms with Gasteiger partial charge in [-0.05, 0) is 23.8 Å². The van der Waals surface area contributed by atoms with Gasteiger partial charge in [-0.2, -0.15) is 5.26 Å². The second-order valence-corrected chi connectivity index (χ2v) is 5.54. The van der Waals surface area contributed by atoms with E-state index in [-0.39, 0.29) is 16.8 Å². The Labute approximate surface area is 156 Å². The third kappa shape index (κ3) is 4.85. The molecule has 0 spiro atoms. The fourth-order valence-corrected chi connectivity index (χ4v) is 2.33. The maximum Gasteiger partial charge on any atom is 0.339 e. The van der Waals surface area contributed by atoms with Gasteiger partial charge in [-0.15, -0.1) is 0 Å². The second-order valence-electron chi connectivity index (χ2n) is 5.13. The number of nitrogens with zero attached hydrogens (tertiary/aromatic N) is 1. The summed E-state index contributed by atoms with van der Waals surface area (Å²) in [5.41, 5.74) is 1.15. The van der Waals surface area contributed by atoms with E-state index in [1.807, 2.05) is 24.3 Å². The molecule has 0 aliphatic heterocycles. The normalized spacial score (nSPS) is 10.6. The van der Waals surface area contributed by atoms with E-state index in [9.17, 15) is 14.9 Å². The molecule has 0 aromatic heterocycles. The highest BCUT2D eigenvalue weighted by Crippen LogP contribution is 2.17. The maximum atomic E-state index is 12.3. The number of carbonyl (C=O) groups excluding carboxylic acids is 2. The van der Waals surface area contributed by atoms with E-state index in [2.05, 4.69) is 15.4 Å². The predicted octanol–water partition coefficient (Wildman–Crippen LogP) is 3.26. The van der Waals surface area contributed by atoms with Crippen LogP contribution < -0.4 is 10.6 Å². The van der Waals surface area contributed by atoms with E-state index >= 15 is 0 Å². The lowest BCUT2D eigenvalue weighted by atomic mass is 10.1. The van der Waals surface area contributed by atoms with Crippen molar-refractivity contribution in [3.05, 3.63) is 76.5 Å². The highest BCUT2D eigenvalue weighted by Gasteiger charge is 2.15. The highest BCUT2D eigenvalue weighted by molar-refractivity contribution is 6.31. The van der Waals surface area contributed by atoms with Crippen molar-refractivity contribution in [3.63, 3.8) is 0 Å². The molecule has 2 aromatic rings. The summed E-state index contributed by atoms with van der Waals surface area (Å²) in [5, 5.41) is 15.2. The molecule has 0 saturated heterocycles. The number of halogens is 1. The number of hydrogen-bond donors (Lipinski definition) is 2. The molecule has 0 heterocycles. The lowest BCUT2D eigenvalue weighted by Gasteiger charge is -2.09. The highest BCUT2D eigenvalue weighted by atomic mass is 35.5. The Morgan fingerprint density at radius 2 is 1.88 bits per heavy atom. The predicted molar refractivity (Wildman–Crippen MR) is 98.4 cm³/mol. The summed E-state index contributed by atoms with van der Waals surface area (Å²) in [5.74, 6) is -1.23. The van der Waals surface area contributed by atoms with Crippen LogP contribution in [0.5, 0.6) is 0 Å². The number of benzene rings is 2. The number of ether oxygens (including phenoxy) is 1. The average Bonchev–Trinajstić information content (AvgIpc) is 2.66. The molecule has 0 unspecified atom stereocenters. The van der Waals surface area contributed by atoms with Gasteiger partial charge in [0.1, 0.15) is 11.6 Å². The lowest BCUT2D eigenvalue weighted by Crippen LogP contribution is -2.18. The Hall–Kier alpha value is -3.30. The Morgan fingerprint density at radius 1 is 1.19 bits per heavy atom. The summed E-state index contributed by atoms with van der Waals surface area (Å²) in [6, 6.07) is 15.4. The summed E-state index contributed by atoms with van der Waals surface area (Å²) in [7, 11) is 1.25. The first-order valence-corrected chi connectivity index (χ1v) is 8.00. The molecule has 0 saturated carbocycles. The summed E-state index contributed by atoms with van der Waals surface area (Å²) in [4.78, 5) is 24.0. The first kappa shape index (κ1) is 19.0. The monoisotopic (exact) mass is 369 g/mol. The van der Waals surface area contributed by atoms with Crippen molar-refractivity contribution >= 4 is 29.2 Å². The number of anilines is 1. The van der Waals surface area contributed by atoms with E-state index in [0.29, 0.717) is 11.6 Å². The number of para-hydroxylation sites is 1. The fraction of sp³-hybridized carbons (Fsp3) is 0.105. The minimum atomic E-state index is -0.643. The minimum absolute atomic E-state index is 0.142. The number of hydrogen-bond acceptors (Lipinski definition) is 5. The number of esters is 1. The molecule has 0 bridgehead atoms. The van der Waals surface area contributed by atoms with Crippen LogP contribution in [-0.4, -0.2) is 19.0 Å². The number of methoxy groups -OCH3 is 1. The molecule has 2 aromatic carbocycles. The van der Waals surface area contributed by atoms with Crippen molar-refractivity contribution in [2.45, 2.75) is 6.54 Å². The largest absolute Gasteiger partial charge is 0.465 e. The van der Waals surface area contributed by atoms with Crippen LogP contribution in [0, 0.1) is 11.3 Å².